The lowest BCUT2D eigenvalue weighted by atomic mass is 10.1. The third kappa shape index (κ3) is 4.61. The number of ether oxygens (including phenoxy) is 1. The second-order valence-corrected chi connectivity index (χ2v) is 9.00. The van der Waals surface area contributed by atoms with Gasteiger partial charge in [-0.05, 0) is 69.0 Å². The Kier molecular flexibility index (Phi) is 6.47. The van der Waals surface area contributed by atoms with Gasteiger partial charge in [-0.15, -0.1) is 10.2 Å². The van der Waals surface area contributed by atoms with Crippen LogP contribution in [0.4, 0.5) is 10.3 Å². The van der Waals surface area contributed by atoms with E-state index in [1.165, 1.54) is 11.3 Å². The largest absolute Gasteiger partial charge is 0.495 e. The van der Waals surface area contributed by atoms with Crippen LogP contribution < -0.4 is 15.0 Å². The SMILES string of the molecule is COc1ccc(C)cc1-n1c(C)cc(/C=C(/C#N)C(=O)Nc2nnc(N3CCCC3)s2)c1C. The van der Waals surface area contributed by atoms with Gasteiger partial charge >= 0.3 is 0 Å². The van der Waals surface area contributed by atoms with Crippen LogP contribution in [0.5, 0.6) is 5.75 Å². The van der Waals surface area contributed by atoms with E-state index in [1.807, 2.05) is 45.0 Å². The Morgan fingerprint density at radius 3 is 2.67 bits per heavy atom. The highest BCUT2D eigenvalue weighted by atomic mass is 32.1. The summed E-state index contributed by atoms with van der Waals surface area (Å²) in [5.41, 5.74) is 4.70. The molecule has 0 radical (unpaired) electrons. The van der Waals surface area contributed by atoms with E-state index in [4.69, 9.17) is 4.74 Å². The van der Waals surface area contributed by atoms with Gasteiger partial charge in [-0.1, -0.05) is 17.4 Å². The Bertz CT molecular complexity index is 1260. The van der Waals surface area contributed by atoms with Gasteiger partial charge in [0.15, 0.2) is 0 Å². The van der Waals surface area contributed by atoms with Crippen molar-refractivity contribution in [2.24, 2.45) is 0 Å². The summed E-state index contributed by atoms with van der Waals surface area (Å²) in [7, 11) is 1.64. The van der Waals surface area contributed by atoms with E-state index in [0.717, 1.165) is 65.0 Å². The van der Waals surface area contributed by atoms with E-state index in [2.05, 4.69) is 31.0 Å². The van der Waals surface area contributed by atoms with Crippen LogP contribution in [0.1, 0.15) is 35.4 Å². The first kappa shape index (κ1) is 22.6. The van der Waals surface area contributed by atoms with Crippen LogP contribution in [0.25, 0.3) is 11.8 Å². The third-order valence-electron chi connectivity index (χ3n) is 5.72. The number of anilines is 2. The first-order valence-corrected chi connectivity index (χ1v) is 11.6. The van der Waals surface area contributed by atoms with Gasteiger partial charge in [0.05, 0.1) is 12.8 Å². The van der Waals surface area contributed by atoms with Crippen molar-refractivity contribution in [1.82, 2.24) is 14.8 Å². The summed E-state index contributed by atoms with van der Waals surface area (Å²) >= 11 is 1.32. The maximum absolute atomic E-state index is 12.8. The number of aromatic nitrogens is 3. The van der Waals surface area contributed by atoms with Gasteiger partial charge in [0, 0.05) is 24.5 Å². The summed E-state index contributed by atoms with van der Waals surface area (Å²) in [6.45, 7) is 7.87. The van der Waals surface area contributed by atoms with Crippen LogP contribution in [0, 0.1) is 32.1 Å². The van der Waals surface area contributed by atoms with Crippen molar-refractivity contribution in [2.45, 2.75) is 33.6 Å². The van der Waals surface area contributed by atoms with Crippen LogP contribution in [-0.4, -0.2) is 40.9 Å². The van der Waals surface area contributed by atoms with Crippen LogP contribution in [0.3, 0.4) is 0 Å². The van der Waals surface area contributed by atoms with Gasteiger partial charge in [-0.3, -0.25) is 10.1 Å². The Hall–Kier alpha value is -3.64. The van der Waals surface area contributed by atoms with Gasteiger partial charge in [0.2, 0.25) is 10.3 Å². The molecule has 0 spiro atoms. The maximum atomic E-state index is 12.8. The van der Waals surface area contributed by atoms with Crippen molar-refractivity contribution in [1.29, 1.82) is 5.26 Å². The van der Waals surface area contributed by atoms with Crippen LogP contribution in [0.15, 0.2) is 29.8 Å². The Morgan fingerprint density at radius 1 is 1.21 bits per heavy atom. The van der Waals surface area contributed by atoms with Gasteiger partial charge in [-0.2, -0.15) is 5.26 Å². The molecule has 0 bridgehead atoms. The maximum Gasteiger partial charge on any atom is 0.268 e. The molecule has 1 saturated heterocycles. The number of aryl methyl sites for hydroxylation is 2. The summed E-state index contributed by atoms with van der Waals surface area (Å²) in [5.74, 6) is 0.251. The summed E-state index contributed by atoms with van der Waals surface area (Å²) < 4.78 is 7.62. The van der Waals surface area contributed by atoms with Crippen molar-refractivity contribution in [3.63, 3.8) is 0 Å². The molecule has 0 unspecified atom stereocenters. The molecule has 0 aliphatic carbocycles. The fraction of sp³-hybridized carbons (Fsp3) is 0.333. The molecule has 1 amide bonds. The smallest absolute Gasteiger partial charge is 0.268 e. The minimum Gasteiger partial charge on any atom is -0.495 e. The quantitative estimate of drug-likeness (QED) is 0.431. The number of carbonyl (C=O) groups excluding carboxylic acids is 1. The van der Waals surface area contributed by atoms with E-state index in [9.17, 15) is 10.1 Å². The average molecular weight is 463 g/mol. The van der Waals surface area contributed by atoms with E-state index in [0.29, 0.717) is 5.13 Å². The molecule has 170 valence electrons. The second kappa shape index (κ2) is 9.46. The number of rotatable bonds is 6. The van der Waals surface area contributed by atoms with Crippen molar-refractivity contribution >= 4 is 33.6 Å². The van der Waals surface area contributed by atoms with Crippen molar-refractivity contribution in [3.8, 4) is 17.5 Å². The number of hydrogen-bond acceptors (Lipinski definition) is 7. The topological polar surface area (TPSA) is 96.1 Å². The van der Waals surface area contributed by atoms with Gasteiger partial charge in [-0.25, -0.2) is 0 Å². The van der Waals surface area contributed by atoms with E-state index in [-0.39, 0.29) is 5.57 Å². The van der Waals surface area contributed by atoms with Crippen molar-refractivity contribution in [2.75, 3.05) is 30.4 Å². The number of hydrogen-bond donors (Lipinski definition) is 1. The fourth-order valence-corrected chi connectivity index (χ4v) is 4.84. The molecule has 1 N–H and O–H groups in total. The number of carbonyl (C=O) groups is 1. The summed E-state index contributed by atoms with van der Waals surface area (Å²) in [6.07, 6.45) is 3.88. The Labute approximate surface area is 197 Å². The molecule has 9 heteroatoms. The molecule has 0 saturated carbocycles. The highest BCUT2D eigenvalue weighted by Crippen LogP contribution is 2.30. The monoisotopic (exact) mass is 462 g/mol. The summed E-state index contributed by atoms with van der Waals surface area (Å²) in [4.78, 5) is 14.9. The molecular formula is C24H26N6O2S. The highest BCUT2D eigenvalue weighted by Gasteiger charge is 2.20. The number of nitrogens with zero attached hydrogens (tertiary/aromatic N) is 5. The standard InChI is InChI=1S/C24H26N6O2S/c1-15-7-8-21(32-4)20(11-15)30-16(2)12-18(17(30)3)13-19(14-25)22(31)26-23-27-28-24(33-23)29-9-5-6-10-29/h7-8,11-13H,5-6,9-10H2,1-4H3,(H,26,27,31)/b19-13-. The Morgan fingerprint density at radius 2 is 1.97 bits per heavy atom. The molecule has 3 heterocycles. The number of benzene rings is 1. The molecule has 1 aliphatic rings. The zero-order valence-corrected chi connectivity index (χ0v) is 20.0. The molecule has 2 aromatic heterocycles. The van der Waals surface area contributed by atoms with Gasteiger partial charge in [0.1, 0.15) is 17.4 Å². The fourth-order valence-electron chi connectivity index (χ4n) is 4.05. The van der Waals surface area contributed by atoms with Crippen LogP contribution in [-0.2, 0) is 4.79 Å². The molecular weight excluding hydrogens is 436 g/mol. The number of methoxy groups -OCH3 is 1. The molecule has 33 heavy (non-hydrogen) atoms. The first-order valence-electron chi connectivity index (χ1n) is 10.8. The lowest BCUT2D eigenvalue weighted by Gasteiger charge is -2.14. The number of amides is 1. The highest BCUT2D eigenvalue weighted by molar-refractivity contribution is 7.19. The zero-order chi connectivity index (χ0) is 23.5. The molecule has 8 nitrogen and oxygen atoms in total. The second-order valence-electron chi connectivity index (χ2n) is 8.05. The molecule has 0 atom stereocenters. The normalized spacial score (nSPS) is 13.8. The van der Waals surface area contributed by atoms with Crippen molar-refractivity contribution in [3.05, 3.63) is 52.4 Å². The average Bonchev–Trinajstić information content (AvgIpc) is 3.53. The molecule has 3 aromatic rings. The third-order valence-corrected chi connectivity index (χ3v) is 6.62. The minimum atomic E-state index is -0.500. The molecule has 1 aromatic carbocycles. The van der Waals surface area contributed by atoms with E-state index in [1.54, 1.807) is 13.2 Å². The van der Waals surface area contributed by atoms with E-state index < -0.39 is 5.91 Å². The van der Waals surface area contributed by atoms with Crippen LogP contribution in [0.2, 0.25) is 0 Å². The first-order chi connectivity index (χ1) is 15.9. The van der Waals surface area contributed by atoms with Gasteiger partial charge in [0.25, 0.3) is 5.91 Å². The number of nitrogens with one attached hydrogen (secondary N) is 1. The minimum absolute atomic E-state index is 0.00406. The summed E-state index contributed by atoms with van der Waals surface area (Å²) in [5, 5.41) is 21.8. The van der Waals surface area contributed by atoms with Crippen molar-refractivity contribution < 1.29 is 9.53 Å². The molecule has 4 rings (SSSR count). The number of nitriles is 1. The predicted molar refractivity (Wildman–Crippen MR) is 130 cm³/mol. The molecule has 1 fully saturated rings. The van der Waals surface area contributed by atoms with Crippen LogP contribution >= 0.6 is 11.3 Å². The predicted octanol–water partition coefficient (Wildman–Crippen LogP) is 4.41. The Balaban J connectivity index is 1.60. The molecule has 1 aliphatic heterocycles. The lowest BCUT2D eigenvalue weighted by molar-refractivity contribution is -0.112. The van der Waals surface area contributed by atoms with E-state index >= 15 is 0 Å². The van der Waals surface area contributed by atoms with Gasteiger partial charge < -0.3 is 14.2 Å². The summed E-state index contributed by atoms with van der Waals surface area (Å²) in [6, 6.07) is 9.96. The lowest BCUT2D eigenvalue weighted by Crippen LogP contribution is -2.17. The zero-order valence-electron chi connectivity index (χ0n) is 19.2.